The third-order valence-corrected chi connectivity index (χ3v) is 2.51. The molecule has 3 heteroatoms. The van der Waals surface area contributed by atoms with Crippen LogP contribution in [0, 0.1) is 12.8 Å². The minimum Gasteiger partial charge on any atom is -0.458 e. The number of carbonyl (C=O) groups excluding carboxylic acids is 1. The van der Waals surface area contributed by atoms with E-state index < -0.39 is 0 Å². The molecule has 0 aromatic carbocycles. The Bertz CT molecular complexity index is 321. The lowest BCUT2D eigenvalue weighted by Gasteiger charge is -2.19. The van der Waals surface area contributed by atoms with Gasteiger partial charge < -0.3 is 9.15 Å². The fourth-order valence-electron chi connectivity index (χ4n) is 1.72. The second kappa shape index (κ2) is 3.96. The molecule has 3 nitrogen and oxygen atoms in total. The van der Waals surface area contributed by atoms with Crippen LogP contribution in [0.2, 0.25) is 0 Å². The lowest BCUT2D eigenvalue weighted by atomic mass is 9.96. The molecule has 0 radical (unpaired) electrons. The van der Waals surface area contributed by atoms with E-state index in [0.717, 1.165) is 25.2 Å². The average molecular weight is 194 g/mol. The molecular weight excluding hydrogens is 180 g/mol. The molecule has 14 heavy (non-hydrogen) atoms. The highest BCUT2D eigenvalue weighted by Gasteiger charge is 2.24. The second-order valence-corrected chi connectivity index (χ2v) is 3.69. The molecule has 2 rings (SSSR count). The standard InChI is InChI=1S/C11H14O3/c1-8-4-5-10(14-8)11(12)9-3-2-6-13-7-9/h4-5,9H,2-3,6-7H2,1H3. The smallest absolute Gasteiger partial charge is 0.203 e. The van der Waals surface area contributed by atoms with Crippen LogP contribution in [0.1, 0.15) is 29.2 Å². The number of ether oxygens (including phenoxy) is 1. The van der Waals surface area contributed by atoms with Crippen LogP contribution in [0.25, 0.3) is 0 Å². The Morgan fingerprint density at radius 3 is 2.93 bits per heavy atom. The van der Waals surface area contributed by atoms with Gasteiger partial charge in [0.25, 0.3) is 0 Å². The van der Waals surface area contributed by atoms with Crippen molar-refractivity contribution in [2.24, 2.45) is 5.92 Å². The van der Waals surface area contributed by atoms with Gasteiger partial charge in [-0.3, -0.25) is 4.79 Å². The first kappa shape index (κ1) is 9.46. The monoisotopic (exact) mass is 194 g/mol. The first-order valence-electron chi connectivity index (χ1n) is 4.96. The van der Waals surface area contributed by atoms with E-state index in [0.29, 0.717) is 12.4 Å². The van der Waals surface area contributed by atoms with E-state index >= 15 is 0 Å². The fraction of sp³-hybridized carbons (Fsp3) is 0.545. The summed E-state index contributed by atoms with van der Waals surface area (Å²) in [6, 6.07) is 3.56. The van der Waals surface area contributed by atoms with Crippen molar-refractivity contribution in [1.82, 2.24) is 0 Å². The highest BCUT2D eigenvalue weighted by atomic mass is 16.5. The zero-order valence-electron chi connectivity index (χ0n) is 8.29. The first-order chi connectivity index (χ1) is 6.77. The number of Topliss-reactive ketones (excluding diaryl/α,β-unsaturated/α-hetero) is 1. The molecule has 1 aromatic rings. The summed E-state index contributed by atoms with van der Waals surface area (Å²) in [5, 5.41) is 0. The summed E-state index contributed by atoms with van der Waals surface area (Å²) >= 11 is 0. The lowest BCUT2D eigenvalue weighted by molar-refractivity contribution is 0.0443. The normalized spacial score (nSPS) is 22.2. The van der Waals surface area contributed by atoms with Crippen LogP contribution in [0.5, 0.6) is 0 Å². The lowest BCUT2D eigenvalue weighted by Crippen LogP contribution is -2.24. The molecule has 0 spiro atoms. The van der Waals surface area contributed by atoms with Crippen molar-refractivity contribution >= 4 is 5.78 Å². The third-order valence-electron chi connectivity index (χ3n) is 2.51. The number of carbonyl (C=O) groups is 1. The van der Waals surface area contributed by atoms with Crippen molar-refractivity contribution in [3.63, 3.8) is 0 Å². The van der Waals surface area contributed by atoms with Gasteiger partial charge in [-0.1, -0.05) is 0 Å². The Morgan fingerprint density at radius 2 is 2.36 bits per heavy atom. The Hall–Kier alpha value is -1.09. The van der Waals surface area contributed by atoms with E-state index in [9.17, 15) is 4.79 Å². The molecule has 1 aliphatic rings. The molecule has 2 heterocycles. The van der Waals surface area contributed by atoms with E-state index in [-0.39, 0.29) is 11.7 Å². The van der Waals surface area contributed by atoms with Crippen LogP contribution in [0.4, 0.5) is 0 Å². The largest absolute Gasteiger partial charge is 0.458 e. The minimum absolute atomic E-state index is 0.00528. The van der Waals surface area contributed by atoms with E-state index in [1.807, 2.05) is 13.0 Å². The molecule has 1 aromatic heterocycles. The maximum atomic E-state index is 11.8. The summed E-state index contributed by atoms with van der Waals surface area (Å²) in [5.41, 5.74) is 0. The topological polar surface area (TPSA) is 39.4 Å². The number of aryl methyl sites for hydroxylation is 1. The summed E-state index contributed by atoms with van der Waals surface area (Å²) in [5.74, 6) is 1.33. The van der Waals surface area contributed by atoms with Gasteiger partial charge in [-0.2, -0.15) is 0 Å². The zero-order chi connectivity index (χ0) is 9.97. The SMILES string of the molecule is Cc1ccc(C(=O)C2CCCOC2)o1. The molecule has 0 amide bonds. The van der Waals surface area contributed by atoms with Gasteiger partial charge in [-0.15, -0.1) is 0 Å². The number of hydrogen-bond acceptors (Lipinski definition) is 3. The van der Waals surface area contributed by atoms with Crippen molar-refractivity contribution in [1.29, 1.82) is 0 Å². The van der Waals surface area contributed by atoms with E-state index in [4.69, 9.17) is 9.15 Å². The van der Waals surface area contributed by atoms with Crippen LogP contribution < -0.4 is 0 Å². The zero-order valence-corrected chi connectivity index (χ0v) is 8.29. The average Bonchev–Trinajstić information content (AvgIpc) is 2.65. The summed E-state index contributed by atoms with van der Waals surface area (Å²) in [4.78, 5) is 11.8. The van der Waals surface area contributed by atoms with Gasteiger partial charge in [0.05, 0.1) is 6.61 Å². The van der Waals surface area contributed by atoms with E-state index in [1.165, 1.54) is 0 Å². The molecular formula is C11H14O3. The molecule has 0 bridgehead atoms. The summed E-state index contributed by atoms with van der Waals surface area (Å²) in [7, 11) is 0. The predicted octanol–water partition coefficient (Wildman–Crippen LogP) is 2.20. The van der Waals surface area contributed by atoms with E-state index in [2.05, 4.69) is 0 Å². The van der Waals surface area contributed by atoms with Gasteiger partial charge in [0.15, 0.2) is 5.76 Å². The number of rotatable bonds is 2. The molecule has 1 unspecified atom stereocenters. The van der Waals surface area contributed by atoms with Crippen LogP contribution in [-0.4, -0.2) is 19.0 Å². The van der Waals surface area contributed by atoms with Crippen molar-refractivity contribution in [2.75, 3.05) is 13.2 Å². The second-order valence-electron chi connectivity index (χ2n) is 3.69. The van der Waals surface area contributed by atoms with E-state index in [1.54, 1.807) is 6.07 Å². The van der Waals surface area contributed by atoms with Gasteiger partial charge in [0, 0.05) is 12.5 Å². The Labute approximate surface area is 83.0 Å². The van der Waals surface area contributed by atoms with Gasteiger partial charge in [-0.25, -0.2) is 0 Å². The third kappa shape index (κ3) is 1.87. The van der Waals surface area contributed by atoms with Gasteiger partial charge in [-0.05, 0) is 31.9 Å². The number of hydrogen-bond donors (Lipinski definition) is 0. The predicted molar refractivity (Wildman–Crippen MR) is 51.3 cm³/mol. The Kier molecular flexibility index (Phi) is 2.68. The van der Waals surface area contributed by atoms with Gasteiger partial charge in [0.1, 0.15) is 5.76 Å². The molecule has 0 aliphatic carbocycles. The van der Waals surface area contributed by atoms with Crippen LogP contribution >= 0.6 is 0 Å². The summed E-state index contributed by atoms with van der Waals surface area (Å²) in [6.07, 6.45) is 1.88. The number of furan rings is 1. The van der Waals surface area contributed by atoms with Crippen molar-refractivity contribution in [2.45, 2.75) is 19.8 Å². The quantitative estimate of drug-likeness (QED) is 0.677. The van der Waals surface area contributed by atoms with Gasteiger partial charge >= 0.3 is 0 Å². The molecule has 0 saturated carbocycles. The summed E-state index contributed by atoms with van der Waals surface area (Å²) in [6.45, 7) is 3.16. The first-order valence-corrected chi connectivity index (χ1v) is 4.96. The molecule has 1 saturated heterocycles. The Balaban J connectivity index is 2.07. The fourth-order valence-corrected chi connectivity index (χ4v) is 1.72. The highest BCUT2D eigenvalue weighted by Crippen LogP contribution is 2.20. The Morgan fingerprint density at radius 1 is 1.50 bits per heavy atom. The summed E-state index contributed by atoms with van der Waals surface area (Å²) < 4.78 is 10.6. The van der Waals surface area contributed by atoms with Crippen LogP contribution in [-0.2, 0) is 4.74 Å². The maximum Gasteiger partial charge on any atom is 0.203 e. The van der Waals surface area contributed by atoms with Gasteiger partial charge in [0.2, 0.25) is 5.78 Å². The number of ketones is 1. The molecule has 1 fully saturated rings. The molecule has 1 atom stereocenters. The highest BCUT2D eigenvalue weighted by molar-refractivity contribution is 5.95. The van der Waals surface area contributed by atoms with Crippen LogP contribution in [0.3, 0.4) is 0 Å². The van der Waals surface area contributed by atoms with Crippen molar-refractivity contribution < 1.29 is 13.9 Å². The molecule has 0 N–H and O–H groups in total. The van der Waals surface area contributed by atoms with Crippen LogP contribution in [0.15, 0.2) is 16.5 Å². The minimum atomic E-state index is -0.00528. The van der Waals surface area contributed by atoms with Crippen molar-refractivity contribution in [3.8, 4) is 0 Å². The molecule has 76 valence electrons. The van der Waals surface area contributed by atoms with Crippen molar-refractivity contribution in [3.05, 3.63) is 23.7 Å². The molecule has 1 aliphatic heterocycles. The maximum absolute atomic E-state index is 11.8.